The van der Waals surface area contributed by atoms with Crippen LogP contribution in [-0.4, -0.2) is 65.5 Å². The maximum Gasteiger partial charge on any atom is 0.306 e. The summed E-state index contributed by atoms with van der Waals surface area (Å²) in [5.41, 5.74) is 1.61. The number of piperazine rings is 1. The van der Waals surface area contributed by atoms with Crippen molar-refractivity contribution in [3.63, 3.8) is 0 Å². The molecule has 6 heteroatoms. The second kappa shape index (κ2) is 6.89. The van der Waals surface area contributed by atoms with E-state index in [-0.39, 0.29) is 0 Å². The third kappa shape index (κ3) is 4.17. The van der Waals surface area contributed by atoms with Gasteiger partial charge < -0.3 is 25.1 Å². The minimum Gasteiger partial charge on any atom is -0.481 e. The molecular weight excluding hydrogens is 272 g/mol. The lowest BCUT2D eigenvalue weighted by Crippen LogP contribution is -2.44. The van der Waals surface area contributed by atoms with E-state index < -0.39 is 24.6 Å². The third-order valence-electron chi connectivity index (χ3n) is 3.85. The van der Waals surface area contributed by atoms with Crippen molar-refractivity contribution < 1.29 is 20.1 Å². The first kappa shape index (κ1) is 15.8. The van der Waals surface area contributed by atoms with E-state index in [0.717, 1.165) is 31.9 Å². The highest BCUT2D eigenvalue weighted by molar-refractivity contribution is 5.67. The fourth-order valence-electron chi connectivity index (χ4n) is 2.46. The summed E-state index contributed by atoms with van der Waals surface area (Å²) in [6.45, 7) is 3.95. The maximum absolute atomic E-state index is 10.6. The van der Waals surface area contributed by atoms with Gasteiger partial charge in [0.1, 0.15) is 6.10 Å². The molecule has 3 N–H and O–H groups in total. The van der Waals surface area contributed by atoms with Gasteiger partial charge in [0.15, 0.2) is 0 Å². The number of hydrogen-bond donors (Lipinski definition) is 3. The number of hydrogen-bond acceptors (Lipinski definition) is 5. The molecule has 21 heavy (non-hydrogen) atoms. The number of anilines is 1. The summed E-state index contributed by atoms with van der Waals surface area (Å²) in [4.78, 5) is 15.1. The molecule has 1 aromatic rings. The van der Waals surface area contributed by atoms with Crippen LogP contribution in [-0.2, 0) is 4.79 Å². The first-order chi connectivity index (χ1) is 9.97. The molecule has 0 saturated carbocycles. The van der Waals surface area contributed by atoms with Crippen LogP contribution in [0, 0.1) is 0 Å². The molecule has 1 heterocycles. The Morgan fingerprint density at radius 1 is 1.14 bits per heavy atom. The molecule has 0 spiro atoms. The first-order valence-corrected chi connectivity index (χ1v) is 7.09. The van der Waals surface area contributed by atoms with Crippen LogP contribution in [0.2, 0.25) is 0 Å². The SMILES string of the molecule is CN1CCN(c2ccc(C(O)C(O)CC(=O)O)cc2)CC1. The summed E-state index contributed by atoms with van der Waals surface area (Å²) in [7, 11) is 2.10. The van der Waals surface area contributed by atoms with E-state index in [1.165, 1.54) is 0 Å². The van der Waals surface area contributed by atoms with E-state index in [2.05, 4.69) is 16.8 Å². The number of rotatable bonds is 5. The van der Waals surface area contributed by atoms with Gasteiger partial charge in [-0.15, -0.1) is 0 Å². The van der Waals surface area contributed by atoms with Crippen LogP contribution in [0.15, 0.2) is 24.3 Å². The lowest BCUT2D eigenvalue weighted by atomic mass is 10.0. The van der Waals surface area contributed by atoms with Crippen molar-refractivity contribution in [1.82, 2.24) is 4.90 Å². The highest BCUT2D eigenvalue weighted by Crippen LogP contribution is 2.23. The molecule has 0 bridgehead atoms. The largest absolute Gasteiger partial charge is 0.481 e. The van der Waals surface area contributed by atoms with Crippen LogP contribution in [0.25, 0.3) is 0 Å². The van der Waals surface area contributed by atoms with Crippen molar-refractivity contribution in [2.75, 3.05) is 38.1 Å². The monoisotopic (exact) mass is 294 g/mol. The second-order valence-corrected chi connectivity index (χ2v) is 5.49. The molecule has 116 valence electrons. The summed E-state index contributed by atoms with van der Waals surface area (Å²) in [5.74, 6) is -1.13. The van der Waals surface area contributed by atoms with Gasteiger partial charge >= 0.3 is 5.97 Å². The first-order valence-electron chi connectivity index (χ1n) is 7.09. The molecule has 0 amide bonds. The number of aliphatic hydroxyl groups is 2. The summed E-state index contributed by atoms with van der Waals surface area (Å²) >= 11 is 0. The Hall–Kier alpha value is -1.63. The Balaban J connectivity index is 1.99. The van der Waals surface area contributed by atoms with E-state index in [1.807, 2.05) is 12.1 Å². The molecule has 2 unspecified atom stereocenters. The van der Waals surface area contributed by atoms with Crippen LogP contribution in [0.1, 0.15) is 18.1 Å². The fraction of sp³-hybridized carbons (Fsp3) is 0.533. The van der Waals surface area contributed by atoms with Gasteiger partial charge in [-0.3, -0.25) is 4.79 Å². The normalized spacial score (nSPS) is 19.3. The third-order valence-corrected chi connectivity index (χ3v) is 3.85. The molecule has 0 aromatic heterocycles. The molecule has 1 aromatic carbocycles. The predicted octanol–water partition coefficient (Wildman–Crippen LogP) is 0.307. The molecule has 2 atom stereocenters. The number of benzene rings is 1. The van der Waals surface area contributed by atoms with Gasteiger partial charge in [0.25, 0.3) is 0 Å². The molecule has 0 radical (unpaired) electrons. The van der Waals surface area contributed by atoms with Crippen LogP contribution >= 0.6 is 0 Å². The molecule has 1 fully saturated rings. The Labute approximate surface area is 124 Å². The molecular formula is C15H22N2O4. The second-order valence-electron chi connectivity index (χ2n) is 5.49. The lowest BCUT2D eigenvalue weighted by Gasteiger charge is -2.34. The molecule has 1 aliphatic heterocycles. The van der Waals surface area contributed by atoms with Gasteiger partial charge in [-0.1, -0.05) is 12.1 Å². The fourth-order valence-corrected chi connectivity index (χ4v) is 2.46. The molecule has 6 nitrogen and oxygen atoms in total. The van der Waals surface area contributed by atoms with E-state index >= 15 is 0 Å². The maximum atomic E-state index is 10.6. The van der Waals surface area contributed by atoms with E-state index in [4.69, 9.17) is 5.11 Å². The molecule has 1 aliphatic rings. The van der Waals surface area contributed by atoms with Crippen LogP contribution in [0.4, 0.5) is 5.69 Å². The van der Waals surface area contributed by atoms with Crippen LogP contribution in [0.5, 0.6) is 0 Å². The predicted molar refractivity (Wildman–Crippen MR) is 79.4 cm³/mol. The van der Waals surface area contributed by atoms with Crippen LogP contribution < -0.4 is 4.90 Å². The number of carbonyl (C=O) groups is 1. The standard InChI is InChI=1S/C15H22N2O4/c1-16-6-8-17(9-7-16)12-4-2-11(3-5-12)15(21)13(18)10-14(19)20/h2-5,13,15,18,21H,6-10H2,1H3,(H,19,20). The quantitative estimate of drug-likeness (QED) is 0.725. The molecule has 0 aliphatic carbocycles. The van der Waals surface area contributed by atoms with Crippen molar-refractivity contribution >= 4 is 11.7 Å². The number of likely N-dealkylation sites (N-methyl/N-ethyl adjacent to an activating group) is 1. The Morgan fingerprint density at radius 2 is 1.71 bits per heavy atom. The highest BCUT2D eigenvalue weighted by Gasteiger charge is 2.21. The molecule has 1 saturated heterocycles. The number of aliphatic carboxylic acids is 1. The summed E-state index contributed by atoms with van der Waals surface area (Å²) in [6, 6.07) is 7.28. The van der Waals surface area contributed by atoms with Crippen molar-refractivity contribution in [3.8, 4) is 0 Å². The van der Waals surface area contributed by atoms with E-state index in [9.17, 15) is 15.0 Å². The van der Waals surface area contributed by atoms with Crippen molar-refractivity contribution in [2.45, 2.75) is 18.6 Å². The van der Waals surface area contributed by atoms with Gasteiger partial charge in [-0.2, -0.15) is 0 Å². The average molecular weight is 294 g/mol. The molecule has 2 rings (SSSR count). The minimum atomic E-state index is -1.29. The smallest absolute Gasteiger partial charge is 0.306 e. The Morgan fingerprint density at radius 3 is 2.24 bits per heavy atom. The zero-order valence-electron chi connectivity index (χ0n) is 12.1. The van der Waals surface area contributed by atoms with Crippen molar-refractivity contribution in [1.29, 1.82) is 0 Å². The topological polar surface area (TPSA) is 84.2 Å². The van der Waals surface area contributed by atoms with Gasteiger partial charge in [-0.05, 0) is 24.7 Å². The number of carboxylic acid groups (broad SMARTS) is 1. The Kier molecular flexibility index (Phi) is 5.17. The number of aliphatic hydroxyl groups excluding tert-OH is 2. The average Bonchev–Trinajstić information content (AvgIpc) is 2.47. The summed E-state index contributed by atoms with van der Waals surface area (Å²) in [5, 5.41) is 28.2. The van der Waals surface area contributed by atoms with Gasteiger partial charge in [0.05, 0.1) is 12.5 Å². The minimum absolute atomic E-state index is 0.471. The van der Waals surface area contributed by atoms with Crippen molar-refractivity contribution in [2.24, 2.45) is 0 Å². The van der Waals surface area contributed by atoms with Crippen molar-refractivity contribution in [3.05, 3.63) is 29.8 Å². The van der Waals surface area contributed by atoms with E-state index in [0.29, 0.717) is 5.56 Å². The highest BCUT2D eigenvalue weighted by atomic mass is 16.4. The van der Waals surface area contributed by atoms with Gasteiger partial charge in [0.2, 0.25) is 0 Å². The van der Waals surface area contributed by atoms with E-state index in [1.54, 1.807) is 12.1 Å². The summed E-state index contributed by atoms with van der Waals surface area (Å²) in [6.07, 6.45) is -2.94. The van der Waals surface area contributed by atoms with Crippen LogP contribution in [0.3, 0.4) is 0 Å². The zero-order valence-corrected chi connectivity index (χ0v) is 12.1. The summed E-state index contributed by atoms with van der Waals surface area (Å²) < 4.78 is 0. The lowest BCUT2D eigenvalue weighted by molar-refractivity contribution is -0.141. The number of nitrogens with zero attached hydrogens (tertiary/aromatic N) is 2. The van der Waals surface area contributed by atoms with Gasteiger partial charge in [0, 0.05) is 31.9 Å². The number of carboxylic acids is 1. The van der Waals surface area contributed by atoms with Gasteiger partial charge in [-0.25, -0.2) is 0 Å². The Bertz CT molecular complexity index is 469. The zero-order chi connectivity index (χ0) is 15.4.